The Balaban J connectivity index is 2.73. The third-order valence-corrected chi connectivity index (χ3v) is 7.35. The lowest BCUT2D eigenvalue weighted by molar-refractivity contribution is -0.140. The van der Waals surface area contributed by atoms with Gasteiger partial charge in [0.2, 0.25) is 0 Å². The number of carbonyl (C=O) groups excluding carboxylic acids is 2. The minimum absolute atomic E-state index is 0.0432. The lowest BCUT2D eigenvalue weighted by Gasteiger charge is -2.29. The van der Waals surface area contributed by atoms with E-state index in [0.29, 0.717) is 19.3 Å². The number of rotatable bonds is 12. The van der Waals surface area contributed by atoms with Gasteiger partial charge in [-0.25, -0.2) is 8.42 Å². The van der Waals surface area contributed by atoms with Gasteiger partial charge >= 0.3 is 5.97 Å². The molecule has 8 heteroatoms. The Morgan fingerprint density at radius 3 is 2.54 bits per heavy atom. The third kappa shape index (κ3) is 7.99. The molecular weight excluding hydrogens is 515 g/mol. The van der Waals surface area contributed by atoms with Gasteiger partial charge in [-0.15, -0.1) is 11.6 Å². The van der Waals surface area contributed by atoms with Crippen LogP contribution >= 0.6 is 34.2 Å². The summed E-state index contributed by atoms with van der Waals surface area (Å²) in [5.41, 5.74) is 0.216. The molecule has 0 saturated carbocycles. The number of esters is 1. The molecule has 1 aromatic carbocycles. The summed E-state index contributed by atoms with van der Waals surface area (Å²) in [5, 5.41) is 0. The fraction of sp³-hybridized carbons (Fsp3) is 0.600. The zero-order valence-electron chi connectivity index (χ0n) is 16.5. The van der Waals surface area contributed by atoms with Crippen molar-refractivity contribution in [3.05, 3.63) is 33.4 Å². The molecule has 28 heavy (non-hydrogen) atoms. The summed E-state index contributed by atoms with van der Waals surface area (Å²) in [7, 11) is -3.49. The number of ketones is 1. The highest BCUT2D eigenvalue weighted by Crippen LogP contribution is 2.33. The third-order valence-electron chi connectivity index (χ3n) is 4.90. The first-order chi connectivity index (χ1) is 13.0. The molecule has 0 aliphatic carbocycles. The van der Waals surface area contributed by atoms with E-state index >= 15 is 0 Å². The Kier molecular flexibility index (Phi) is 10.4. The van der Waals surface area contributed by atoms with E-state index in [2.05, 4.69) is 22.6 Å². The number of sulfone groups is 1. The lowest BCUT2D eigenvalue weighted by atomic mass is 9.74. The molecule has 0 heterocycles. The minimum atomic E-state index is -3.49. The van der Waals surface area contributed by atoms with E-state index in [1.54, 1.807) is 6.92 Å². The molecule has 158 valence electrons. The second kappa shape index (κ2) is 11.5. The van der Waals surface area contributed by atoms with Crippen molar-refractivity contribution >= 4 is 55.8 Å². The topological polar surface area (TPSA) is 77.5 Å². The highest BCUT2D eigenvalue weighted by molar-refractivity contribution is 14.1. The second-order valence-electron chi connectivity index (χ2n) is 7.23. The van der Waals surface area contributed by atoms with E-state index in [1.165, 1.54) is 0 Å². The van der Waals surface area contributed by atoms with Crippen LogP contribution in [0, 0.1) is 9.49 Å². The molecule has 0 aliphatic rings. The maximum Gasteiger partial charge on any atom is 0.321 e. The summed E-state index contributed by atoms with van der Waals surface area (Å²) in [6.07, 6.45) is 1.69. The van der Waals surface area contributed by atoms with Crippen LogP contribution in [0.4, 0.5) is 0 Å². The molecule has 0 bridgehead atoms. The number of hydrogen-bond donors (Lipinski definition) is 0. The zero-order chi connectivity index (χ0) is 21.4. The predicted molar refractivity (Wildman–Crippen MR) is 121 cm³/mol. The Morgan fingerprint density at radius 1 is 1.29 bits per heavy atom. The highest BCUT2D eigenvalue weighted by Gasteiger charge is 2.34. The minimum Gasteiger partial charge on any atom is -0.465 e. The molecule has 0 spiro atoms. The largest absolute Gasteiger partial charge is 0.465 e. The molecule has 2 atom stereocenters. The van der Waals surface area contributed by atoms with Crippen molar-refractivity contribution in [1.29, 1.82) is 0 Å². The van der Waals surface area contributed by atoms with Gasteiger partial charge in [0.1, 0.15) is 5.75 Å². The van der Waals surface area contributed by atoms with Gasteiger partial charge < -0.3 is 4.74 Å². The normalized spacial score (nSPS) is 14.9. The Bertz CT molecular complexity index is 781. The number of benzene rings is 1. The molecule has 0 aliphatic heterocycles. The Hall–Kier alpha value is -0.670. The molecule has 1 aromatic rings. The first-order valence-corrected chi connectivity index (χ1v) is 12.7. The second-order valence-corrected chi connectivity index (χ2v) is 10.9. The number of alkyl halides is 1. The molecule has 0 amide bonds. The first kappa shape index (κ1) is 25.4. The molecule has 0 N–H and O–H groups in total. The quantitative estimate of drug-likeness (QED) is 0.225. The predicted octanol–water partition coefficient (Wildman–Crippen LogP) is 4.14. The molecule has 1 rings (SSSR count). The number of halogens is 2. The number of ether oxygens (including phenoxy) is 1. The highest BCUT2D eigenvalue weighted by atomic mass is 127. The molecule has 5 nitrogen and oxygen atoms in total. The lowest BCUT2D eigenvalue weighted by Crippen LogP contribution is -2.34. The fourth-order valence-electron chi connectivity index (χ4n) is 2.94. The van der Waals surface area contributed by atoms with Gasteiger partial charge in [-0.1, -0.05) is 19.1 Å². The van der Waals surface area contributed by atoms with Gasteiger partial charge in [-0.2, -0.15) is 0 Å². The molecule has 2 unspecified atom stereocenters. The van der Waals surface area contributed by atoms with Crippen LogP contribution in [0.3, 0.4) is 0 Å². The van der Waals surface area contributed by atoms with Crippen LogP contribution in [0.2, 0.25) is 0 Å². The van der Waals surface area contributed by atoms with Crippen LogP contribution in [-0.4, -0.2) is 44.2 Å². The molecular formula is C20H28ClIO5S. The average Bonchev–Trinajstić information content (AvgIpc) is 2.63. The summed E-state index contributed by atoms with van der Waals surface area (Å²) in [5.74, 6) is -1.39. The zero-order valence-corrected chi connectivity index (χ0v) is 20.3. The average molecular weight is 543 g/mol. The van der Waals surface area contributed by atoms with Crippen LogP contribution < -0.4 is 0 Å². The van der Waals surface area contributed by atoms with Gasteiger partial charge in [0.05, 0.1) is 23.7 Å². The Labute approximate surface area is 186 Å². The maximum absolute atomic E-state index is 12.6. The summed E-state index contributed by atoms with van der Waals surface area (Å²) in [6.45, 7) is 5.66. The van der Waals surface area contributed by atoms with Crippen LogP contribution in [-0.2, 0) is 29.6 Å². The van der Waals surface area contributed by atoms with Crippen molar-refractivity contribution in [1.82, 2.24) is 0 Å². The van der Waals surface area contributed by atoms with Crippen molar-refractivity contribution in [2.45, 2.75) is 45.4 Å². The van der Waals surface area contributed by atoms with Gasteiger partial charge in [-0.05, 0) is 79.3 Å². The van der Waals surface area contributed by atoms with E-state index in [0.717, 1.165) is 9.13 Å². The fourth-order valence-corrected chi connectivity index (χ4v) is 5.12. The molecule has 0 radical (unpaired) electrons. The van der Waals surface area contributed by atoms with Crippen LogP contribution in [0.15, 0.2) is 24.3 Å². The Morgan fingerprint density at radius 2 is 1.96 bits per heavy atom. The van der Waals surface area contributed by atoms with Crippen LogP contribution in [0.25, 0.3) is 0 Å². The van der Waals surface area contributed by atoms with Gasteiger partial charge in [0.25, 0.3) is 0 Å². The number of hydrogen-bond acceptors (Lipinski definition) is 5. The van der Waals surface area contributed by atoms with Gasteiger partial charge in [0.15, 0.2) is 15.6 Å². The summed E-state index contributed by atoms with van der Waals surface area (Å²) in [4.78, 5) is 24.0. The van der Waals surface area contributed by atoms with E-state index in [4.69, 9.17) is 16.3 Å². The SMILES string of the molecule is CCOC(=O)CS(=O)(=O)CCC(C)CCC(C)(C(=O)CCl)c1cccc(I)c1. The smallest absolute Gasteiger partial charge is 0.321 e. The number of carbonyl (C=O) groups is 2. The molecule has 0 aromatic heterocycles. The van der Waals surface area contributed by atoms with E-state index < -0.39 is 27.0 Å². The van der Waals surface area contributed by atoms with Crippen LogP contribution in [0.1, 0.15) is 45.6 Å². The molecule has 0 fully saturated rings. The van der Waals surface area contributed by atoms with Crippen LogP contribution in [0.5, 0.6) is 0 Å². The summed E-state index contributed by atoms with van der Waals surface area (Å²) in [6, 6.07) is 7.80. The van der Waals surface area contributed by atoms with Crippen molar-refractivity contribution < 1.29 is 22.7 Å². The van der Waals surface area contributed by atoms with Crippen molar-refractivity contribution in [2.75, 3.05) is 24.0 Å². The summed E-state index contributed by atoms with van der Waals surface area (Å²) >= 11 is 8.07. The van der Waals surface area contributed by atoms with Crippen molar-refractivity contribution in [3.8, 4) is 0 Å². The maximum atomic E-state index is 12.6. The standard InChI is InChI=1S/C20H28ClIO5S/c1-4-27-19(24)14-28(25,26)11-9-15(2)8-10-20(3,18(23)13-21)16-6-5-7-17(22)12-16/h5-7,12,15H,4,8-11,13-14H2,1-3H3. The van der Waals surface area contributed by atoms with Gasteiger partial charge in [0, 0.05) is 3.57 Å². The first-order valence-electron chi connectivity index (χ1n) is 9.25. The van der Waals surface area contributed by atoms with E-state index in [1.807, 2.05) is 38.1 Å². The summed E-state index contributed by atoms with van der Waals surface area (Å²) < 4.78 is 29.9. The molecule has 0 saturated heterocycles. The number of Topliss-reactive ketones (excluding diaryl/α,β-unsaturated/α-hetero) is 1. The van der Waals surface area contributed by atoms with E-state index in [-0.39, 0.29) is 29.9 Å². The van der Waals surface area contributed by atoms with Gasteiger partial charge in [-0.3, -0.25) is 9.59 Å². The monoisotopic (exact) mass is 542 g/mol. The van der Waals surface area contributed by atoms with Crippen molar-refractivity contribution in [3.63, 3.8) is 0 Å². The van der Waals surface area contributed by atoms with E-state index in [9.17, 15) is 18.0 Å². The van der Waals surface area contributed by atoms with Crippen molar-refractivity contribution in [2.24, 2.45) is 5.92 Å².